The minimum atomic E-state index is -2.89. The van der Waals surface area contributed by atoms with E-state index in [1.807, 2.05) is 24.3 Å². The first-order chi connectivity index (χ1) is 10.6. The average Bonchev–Trinajstić information content (AvgIpc) is 2.89. The van der Waals surface area contributed by atoms with Gasteiger partial charge < -0.3 is 4.74 Å². The molecular formula is C15H10F2N2O2S. The van der Waals surface area contributed by atoms with Crippen LogP contribution in [0.4, 0.5) is 13.9 Å². The van der Waals surface area contributed by atoms with Crippen LogP contribution in [-0.4, -0.2) is 17.5 Å². The molecule has 0 fully saturated rings. The predicted molar refractivity (Wildman–Crippen MR) is 80.6 cm³/mol. The van der Waals surface area contributed by atoms with Crippen molar-refractivity contribution >= 4 is 32.6 Å². The van der Waals surface area contributed by atoms with E-state index in [9.17, 15) is 13.6 Å². The number of carbonyl (C=O) groups is 1. The number of ether oxygens (including phenoxy) is 1. The molecular weight excluding hydrogens is 310 g/mol. The average molecular weight is 320 g/mol. The number of para-hydroxylation sites is 1. The van der Waals surface area contributed by atoms with Gasteiger partial charge in [0.2, 0.25) is 0 Å². The van der Waals surface area contributed by atoms with Gasteiger partial charge in [0, 0.05) is 5.56 Å². The zero-order valence-corrected chi connectivity index (χ0v) is 11.9. The molecule has 2 aromatic carbocycles. The summed E-state index contributed by atoms with van der Waals surface area (Å²) in [6.07, 6.45) is 0. The van der Waals surface area contributed by atoms with E-state index in [0.29, 0.717) is 10.7 Å². The molecule has 1 aromatic heterocycles. The van der Waals surface area contributed by atoms with Crippen molar-refractivity contribution in [2.24, 2.45) is 0 Å². The zero-order valence-electron chi connectivity index (χ0n) is 11.1. The molecule has 0 spiro atoms. The van der Waals surface area contributed by atoms with Crippen LogP contribution in [0.15, 0.2) is 48.5 Å². The number of rotatable bonds is 4. The van der Waals surface area contributed by atoms with Gasteiger partial charge in [-0.05, 0) is 36.4 Å². The molecule has 22 heavy (non-hydrogen) atoms. The molecule has 1 N–H and O–H groups in total. The fourth-order valence-corrected chi connectivity index (χ4v) is 2.74. The Balaban J connectivity index is 1.73. The van der Waals surface area contributed by atoms with Crippen LogP contribution in [-0.2, 0) is 0 Å². The summed E-state index contributed by atoms with van der Waals surface area (Å²) >= 11 is 1.36. The molecule has 0 aliphatic heterocycles. The fourth-order valence-electron chi connectivity index (χ4n) is 1.88. The monoisotopic (exact) mass is 320 g/mol. The molecule has 0 unspecified atom stereocenters. The summed E-state index contributed by atoms with van der Waals surface area (Å²) in [7, 11) is 0. The molecule has 1 amide bonds. The highest BCUT2D eigenvalue weighted by atomic mass is 32.1. The molecule has 3 aromatic rings. The summed E-state index contributed by atoms with van der Waals surface area (Å²) in [5.74, 6) is -0.353. The third-order valence-corrected chi connectivity index (χ3v) is 3.81. The van der Waals surface area contributed by atoms with Crippen molar-refractivity contribution in [3.05, 3.63) is 54.1 Å². The Morgan fingerprint density at radius 2 is 1.86 bits per heavy atom. The molecule has 0 bridgehead atoms. The van der Waals surface area contributed by atoms with Gasteiger partial charge in [-0.1, -0.05) is 23.5 Å². The van der Waals surface area contributed by atoms with Crippen LogP contribution in [0.25, 0.3) is 10.2 Å². The summed E-state index contributed by atoms with van der Waals surface area (Å²) in [6.45, 7) is -2.89. The summed E-state index contributed by atoms with van der Waals surface area (Å²) in [4.78, 5) is 16.4. The largest absolute Gasteiger partial charge is 0.435 e. The number of anilines is 1. The third kappa shape index (κ3) is 3.20. The van der Waals surface area contributed by atoms with Crippen molar-refractivity contribution in [3.8, 4) is 5.75 Å². The highest BCUT2D eigenvalue weighted by Crippen LogP contribution is 2.26. The Bertz CT molecular complexity index is 770. The number of fused-ring (bicyclic) bond motifs is 1. The number of amides is 1. The van der Waals surface area contributed by atoms with E-state index in [2.05, 4.69) is 15.0 Å². The first-order valence-corrected chi connectivity index (χ1v) is 7.15. The van der Waals surface area contributed by atoms with Gasteiger partial charge in [0.25, 0.3) is 5.91 Å². The van der Waals surface area contributed by atoms with Gasteiger partial charge in [0.05, 0.1) is 10.2 Å². The molecule has 112 valence electrons. The van der Waals surface area contributed by atoms with Gasteiger partial charge in [-0.25, -0.2) is 4.98 Å². The van der Waals surface area contributed by atoms with E-state index < -0.39 is 6.61 Å². The second-order valence-electron chi connectivity index (χ2n) is 4.34. The lowest BCUT2D eigenvalue weighted by Crippen LogP contribution is -2.11. The van der Waals surface area contributed by atoms with E-state index in [-0.39, 0.29) is 11.7 Å². The minimum Gasteiger partial charge on any atom is -0.435 e. The molecule has 0 saturated heterocycles. The maximum absolute atomic E-state index is 12.1. The number of carbonyl (C=O) groups excluding carboxylic acids is 1. The van der Waals surface area contributed by atoms with E-state index in [0.717, 1.165) is 10.2 Å². The highest BCUT2D eigenvalue weighted by Gasteiger charge is 2.11. The number of halogens is 2. The smallest absolute Gasteiger partial charge is 0.387 e. The lowest BCUT2D eigenvalue weighted by Gasteiger charge is -2.05. The number of hydrogen-bond acceptors (Lipinski definition) is 4. The fraction of sp³-hybridized carbons (Fsp3) is 0.0667. The number of aromatic nitrogens is 1. The molecule has 0 radical (unpaired) electrons. The van der Waals surface area contributed by atoms with Gasteiger partial charge in [0.15, 0.2) is 5.13 Å². The number of benzene rings is 2. The quantitative estimate of drug-likeness (QED) is 0.785. The number of thiazole rings is 1. The summed E-state index contributed by atoms with van der Waals surface area (Å²) in [5, 5.41) is 3.17. The van der Waals surface area contributed by atoms with Crippen molar-refractivity contribution < 1.29 is 18.3 Å². The minimum absolute atomic E-state index is 0.00605. The summed E-state index contributed by atoms with van der Waals surface area (Å²) in [6, 6.07) is 13.0. The molecule has 1 heterocycles. The lowest BCUT2D eigenvalue weighted by molar-refractivity contribution is -0.0498. The number of hydrogen-bond donors (Lipinski definition) is 1. The number of alkyl halides is 2. The van der Waals surface area contributed by atoms with Crippen LogP contribution in [0.5, 0.6) is 5.75 Å². The van der Waals surface area contributed by atoms with Crippen molar-refractivity contribution in [3.63, 3.8) is 0 Å². The lowest BCUT2D eigenvalue weighted by atomic mass is 10.2. The number of nitrogens with one attached hydrogen (secondary N) is 1. The standard InChI is InChI=1S/C15H10F2N2O2S/c16-14(17)21-10-7-5-9(6-8-10)13(20)19-15-18-11-3-1-2-4-12(11)22-15/h1-8,14H,(H,18,19,20). The van der Waals surface area contributed by atoms with Crippen LogP contribution in [0.1, 0.15) is 10.4 Å². The molecule has 0 atom stereocenters. The SMILES string of the molecule is O=C(Nc1nc2ccccc2s1)c1ccc(OC(F)F)cc1. The van der Waals surface area contributed by atoms with Gasteiger partial charge in [-0.2, -0.15) is 8.78 Å². The third-order valence-electron chi connectivity index (χ3n) is 2.86. The van der Waals surface area contributed by atoms with E-state index in [4.69, 9.17) is 0 Å². The normalized spacial score (nSPS) is 10.9. The maximum Gasteiger partial charge on any atom is 0.387 e. The van der Waals surface area contributed by atoms with Crippen molar-refractivity contribution in [2.45, 2.75) is 6.61 Å². The second kappa shape index (κ2) is 6.07. The Hall–Kier alpha value is -2.54. The van der Waals surface area contributed by atoms with Crippen LogP contribution in [0.3, 0.4) is 0 Å². The highest BCUT2D eigenvalue weighted by molar-refractivity contribution is 7.22. The maximum atomic E-state index is 12.1. The molecule has 7 heteroatoms. The Morgan fingerprint density at radius 3 is 2.55 bits per heavy atom. The molecule has 0 aliphatic rings. The van der Waals surface area contributed by atoms with Crippen LogP contribution >= 0.6 is 11.3 Å². The predicted octanol–water partition coefficient (Wildman–Crippen LogP) is 4.15. The Kier molecular flexibility index (Phi) is 3.97. The second-order valence-corrected chi connectivity index (χ2v) is 5.37. The van der Waals surface area contributed by atoms with E-state index >= 15 is 0 Å². The van der Waals surface area contributed by atoms with Crippen molar-refractivity contribution in [1.29, 1.82) is 0 Å². The summed E-state index contributed by atoms with van der Waals surface area (Å²) < 4.78 is 29.3. The van der Waals surface area contributed by atoms with E-state index in [1.165, 1.54) is 35.6 Å². The van der Waals surface area contributed by atoms with Gasteiger partial charge in [-0.3, -0.25) is 10.1 Å². The molecule has 3 rings (SSSR count). The molecule has 4 nitrogen and oxygen atoms in total. The first kappa shape index (κ1) is 14.4. The number of nitrogens with zero attached hydrogens (tertiary/aromatic N) is 1. The van der Waals surface area contributed by atoms with Crippen LogP contribution in [0, 0.1) is 0 Å². The van der Waals surface area contributed by atoms with Crippen LogP contribution in [0.2, 0.25) is 0 Å². The first-order valence-electron chi connectivity index (χ1n) is 6.33. The summed E-state index contributed by atoms with van der Waals surface area (Å²) in [5.41, 5.74) is 1.14. The van der Waals surface area contributed by atoms with Crippen LogP contribution < -0.4 is 10.1 Å². The van der Waals surface area contributed by atoms with Crippen molar-refractivity contribution in [1.82, 2.24) is 4.98 Å². The Morgan fingerprint density at radius 1 is 1.14 bits per heavy atom. The van der Waals surface area contributed by atoms with Crippen molar-refractivity contribution in [2.75, 3.05) is 5.32 Å². The van der Waals surface area contributed by atoms with Gasteiger partial charge >= 0.3 is 6.61 Å². The van der Waals surface area contributed by atoms with E-state index in [1.54, 1.807) is 0 Å². The molecule has 0 saturated carbocycles. The topological polar surface area (TPSA) is 51.2 Å². The Labute approximate surface area is 128 Å². The van der Waals surface area contributed by atoms with Gasteiger partial charge in [-0.15, -0.1) is 0 Å². The van der Waals surface area contributed by atoms with Gasteiger partial charge in [0.1, 0.15) is 5.75 Å². The molecule has 0 aliphatic carbocycles. The zero-order chi connectivity index (χ0) is 15.5.